The number of hydrogen-bond donors (Lipinski definition) is 1. The quantitative estimate of drug-likeness (QED) is 0.692. The predicted octanol–water partition coefficient (Wildman–Crippen LogP) is 4.87. The third-order valence-electron chi connectivity index (χ3n) is 3.55. The lowest BCUT2D eigenvalue weighted by Gasteiger charge is -2.14. The van der Waals surface area contributed by atoms with Crippen molar-refractivity contribution in [1.82, 2.24) is 0 Å². The summed E-state index contributed by atoms with van der Waals surface area (Å²) >= 11 is 6.70. The Morgan fingerprint density at radius 2 is 1.78 bits per heavy atom. The van der Waals surface area contributed by atoms with Gasteiger partial charge >= 0.3 is 5.97 Å². The number of amides is 1. The van der Waals surface area contributed by atoms with Crippen LogP contribution in [0.15, 0.2) is 39.3 Å². The molecule has 0 heterocycles. The van der Waals surface area contributed by atoms with Crippen molar-refractivity contribution in [2.24, 2.45) is 0 Å². The second kappa shape index (κ2) is 7.27. The zero-order chi connectivity index (χ0) is 17.1. The monoisotopic (exact) mass is 439 g/mol. The standard InChI is InChI=1S/C17H15Br2NO3/c1-9-5-4-6-12(10(9)2)16(21)20-15-13(17(22)23-3)7-11(18)8-14(15)19/h4-8H,1-3H3,(H,20,21). The van der Waals surface area contributed by atoms with Crippen LogP contribution in [0.3, 0.4) is 0 Å². The van der Waals surface area contributed by atoms with E-state index < -0.39 is 5.97 Å². The molecule has 2 aromatic rings. The van der Waals surface area contributed by atoms with E-state index in [4.69, 9.17) is 4.74 Å². The number of ether oxygens (including phenoxy) is 1. The van der Waals surface area contributed by atoms with Crippen LogP contribution in [0.5, 0.6) is 0 Å². The van der Waals surface area contributed by atoms with Crippen LogP contribution in [0.1, 0.15) is 31.8 Å². The minimum absolute atomic E-state index is 0.271. The number of rotatable bonds is 3. The summed E-state index contributed by atoms with van der Waals surface area (Å²) in [7, 11) is 1.30. The lowest BCUT2D eigenvalue weighted by molar-refractivity contribution is 0.0602. The smallest absolute Gasteiger partial charge is 0.340 e. The predicted molar refractivity (Wildman–Crippen MR) is 97.1 cm³/mol. The lowest BCUT2D eigenvalue weighted by atomic mass is 10.0. The summed E-state index contributed by atoms with van der Waals surface area (Å²) in [5, 5.41) is 2.80. The van der Waals surface area contributed by atoms with E-state index in [0.29, 0.717) is 20.2 Å². The highest BCUT2D eigenvalue weighted by Gasteiger charge is 2.19. The second-order valence-electron chi connectivity index (χ2n) is 5.00. The summed E-state index contributed by atoms with van der Waals surface area (Å²) in [5.74, 6) is -0.803. The molecule has 0 radical (unpaired) electrons. The zero-order valence-corrected chi connectivity index (χ0v) is 16.0. The third-order valence-corrected chi connectivity index (χ3v) is 4.63. The molecule has 6 heteroatoms. The van der Waals surface area contributed by atoms with Crippen molar-refractivity contribution in [3.05, 3.63) is 61.5 Å². The number of benzene rings is 2. The van der Waals surface area contributed by atoms with Crippen LogP contribution in [0.4, 0.5) is 5.69 Å². The molecule has 0 saturated carbocycles. The van der Waals surface area contributed by atoms with E-state index >= 15 is 0 Å². The maximum Gasteiger partial charge on any atom is 0.340 e. The van der Waals surface area contributed by atoms with Crippen LogP contribution in [-0.4, -0.2) is 19.0 Å². The van der Waals surface area contributed by atoms with Gasteiger partial charge in [0.25, 0.3) is 5.91 Å². The molecule has 120 valence electrons. The number of halogens is 2. The fourth-order valence-corrected chi connectivity index (χ4v) is 3.47. The molecule has 0 aromatic heterocycles. The molecular weight excluding hydrogens is 426 g/mol. The van der Waals surface area contributed by atoms with E-state index in [9.17, 15) is 9.59 Å². The first-order valence-electron chi connectivity index (χ1n) is 6.80. The highest BCUT2D eigenvalue weighted by Crippen LogP contribution is 2.32. The average Bonchev–Trinajstić information content (AvgIpc) is 2.51. The second-order valence-corrected chi connectivity index (χ2v) is 6.77. The van der Waals surface area contributed by atoms with Crippen LogP contribution < -0.4 is 5.32 Å². The Bertz CT molecular complexity index is 788. The molecule has 0 aliphatic heterocycles. The molecule has 0 spiro atoms. The van der Waals surface area contributed by atoms with Crippen LogP contribution in [0.25, 0.3) is 0 Å². The Morgan fingerprint density at radius 3 is 2.43 bits per heavy atom. The fraction of sp³-hybridized carbons (Fsp3) is 0.176. The molecule has 4 nitrogen and oxygen atoms in total. The molecule has 2 rings (SSSR count). The number of methoxy groups -OCH3 is 1. The SMILES string of the molecule is COC(=O)c1cc(Br)cc(Br)c1NC(=O)c1cccc(C)c1C. The van der Waals surface area contributed by atoms with Crippen molar-refractivity contribution in [3.63, 3.8) is 0 Å². The van der Waals surface area contributed by atoms with Crippen LogP contribution in [0.2, 0.25) is 0 Å². The molecule has 23 heavy (non-hydrogen) atoms. The van der Waals surface area contributed by atoms with E-state index in [1.807, 2.05) is 26.0 Å². The van der Waals surface area contributed by atoms with Crippen molar-refractivity contribution >= 4 is 49.4 Å². The highest BCUT2D eigenvalue weighted by atomic mass is 79.9. The summed E-state index contributed by atoms with van der Waals surface area (Å²) in [6.45, 7) is 3.84. The van der Waals surface area contributed by atoms with Crippen molar-refractivity contribution in [1.29, 1.82) is 0 Å². The molecule has 0 unspecified atom stereocenters. The van der Waals surface area contributed by atoms with Gasteiger partial charge in [0, 0.05) is 14.5 Å². The van der Waals surface area contributed by atoms with E-state index in [0.717, 1.165) is 11.1 Å². The Balaban J connectivity index is 2.45. The first kappa shape index (κ1) is 17.7. The van der Waals surface area contributed by atoms with Gasteiger partial charge < -0.3 is 10.1 Å². The molecule has 0 fully saturated rings. The Labute approximate surface area is 151 Å². The number of esters is 1. The maximum atomic E-state index is 12.6. The van der Waals surface area contributed by atoms with Crippen LogP contribution in [0, 0.1) is 13.8 Å². The molecule has 0 saturated heterocycles. The number of anilines is 1. The van der Waals surface area contributed by atoms with E-state index in [1.54, 1.807) is 18.2 Å². The van der Waals surface area contributed by atoms with Gasteiger partial charge in [-0.1, -0.05) is 28.1 Å². The first-order chi connectivity index (χ1) is 10.8. The van der Waals surface area contributed by atoms with Crippen molar-refractivity contribution < 1.29 is 14.3 Å². The summed E-state index contributed by atoms with van der Waals surface area (Å²) in [4.78, 5) is 24.6. The third kappa shape index (κ3) is 3.82. The lowest BCUT2D eigenvalue weighted by Crippen LogP contribution is -2.17. The van der Waals surface area contributed by atoms with Gasteiger partial charge in [-0.2, -0.15) is 0 Å². The number of carbonyl (C=O) groups is 2. The summed E-state index contributed by atoms with van der Waals surface area (Å²) < 4.78 is 6.08. The minimum atomic E-state index is -0.525. The van der Waals surface area contributed by atoms with Crippen LogP contribution in [-0.2, 0) is 4.74 Å². The fourth-order valence-electron chi connectivity index (χ4n) is 2.15. The molecule has 1 amide bonds. The van der Waals surface area contributed by atoms with Crippen molar-refractivity contribution in [2.75, 3.05) is 12.4 Å². The van der Waals surface area contributed by atoms with Crippen molar-refractivity contribution in [3.8, 4) is 0 Å². The number of aryl methyl sites for hydroxylation is 1. The molecule has 0 aliphatic rings. The van der Waals surface area contributed by atoms with Gasteiger partial charge in [-0.15, -0.1) is 0 Å². The van der Waals surface area contributed by atoms with E-state index in [1.165, 1.54) is 7.11 Å². The molecule has 0 aliphatic carbocycles. The molecule has 2 aromatic carbocycles. The zero-order valence-electron chi connectivity index (χ0n) is 12.9. The largest absolute Gasteiger partial charge is 0.465 e. The maximum absolute atomic E-state index is 12.6. The van der Waals surface area contributed by atoms with Crippen molar-refractivity contribution in [2.45, 2.75) is 13.8 Å². The van der Waals surface area contributed by atoms with E-state index in [2.05, 4.69) is 37.2 Å². The molecule has 0 atom stereocenters. The van der Waals surface area contributed by atoms with Gasteiger partial charge in [0.15, 0.2) is 0 Å². The number of carbonyl (C=O) groups excluding carboxylic acids is 2. The summed E-state index contributed by atoms with van der Waals surface area (Å²) in [6.07, 6.45) is 0. The van der Waals surface area contributed by atoms with Gasteiger partial charge in [0.05, 0.1) is 18.4 Å². The molecular formula is C17H15Br2NO3. The van der Waals surface area contributed by atoms with Gasteiger partial charge in [-0.3, -0.25) is 4.79 Å². The minimum Gasteiger partial charge on any atom is -0.465 e. The van der Waals surface area contributed by atoms with Gasteiger partial charge in [0.1, 0.15) is 0 Å². The normalized spacial score (nSPS) is 10.3. The summed E-state index contributed by atoms with van der Waals surface area (Å²) in [6, 6.07) is 8.89. The Morgan fingerprint density at radius 1 is 1.09 bits per heavy atom. The summed E-state index contributed by atoms with van der Waals surface area (Å²) in [5.41, 5.74) is 3.15. The van der Waals surface area contributed by atoms with Crippen LogP contribution >= 0.6 is 31.9 Å². The van der Waals surface area contributed by atoms with Gasteiger partial charge in [-0.25, -0.2) is 4.79 Å². The van der Waals surface area contributed by atoms with E-state index in [-0.39, 0.29) is 11.5 Å². The van der Waals surface area contributed by atoms with Gasteiger partial charge in [0.2, 0.25) is 0 Å². The Kier molecular flexibility index (Phi) is 5.59. The number of nitrogens with one attached hydrogen (secondary N) is 1. The average molecular weight is 441 g/mol. The highest BCUT2D eigenvalue weighted by molar-refractivity contribution is 9.11. The topological polar surface area (TPSA) is 55.4 Å². The van der Waals surface area contributed by atoms with Gasteiger partial charge in [-0.05, 0) is 59.1 Å². The number of hydrogen-bond acceptors (Lipinski definition) is 3. The first-order valence-corrected chi connectivity index (χ1v) is 8.38. The molecule has 1 N–H and O–H groups in total. The Hall–Kier alpha value is -1.66. The molecule has 0 bridgehead atoms.